The smallest absolute Gasteiger partial charge is 0.263 e. The normalized spacial score (nSPS) is 12.7. The Morgan fingerprint density at radius 2 is 2.05 bits per heavy atom. The molecule has 2 aromatic heterocycles. The highest BCUT2D eigenvalue weighted by Crippen LogP contribution is 2.28. The molecule has 0 aliphatic heterocycles. The van der Waals surface area contributed by atoms with Gasteiger partial charge >= 0.3 is 0 Å². The molecule has 3 aromatic rings. The van der Waals surface area contributed by atoms with E-state index in [0.29, 0.717) is 5.22 Å². The summed E-state index contributed by atoms with van der Waals surface area (Å²) in [5, 5.41) is 10.8. The molecule has 1 atom stereocenters. The molecule has 96 valence electrons. The summed E-state index contributed by atoms with van der Waals surface area (Å²) < 4.78 is 5.61. The van der Waals surface area contributed by atoms with Gasteiger partial charge in [-0.3, -0.25) is 0 Å². The van der Waals surface area contributed by atoms with Crippen LogP contribution in [-0.2, 0) is 0 Å². The van der Waals surface area contributed by atoms with Gasteiger partial charge in [0.25, 0.3) is 5.22 Å². The van der Waals surface area contributed by atoms with Crippen LogP contribution in [0.15, 0.2) is 57.3 Å². The first-order chi connectivity index (χ1) is 9.22. The minimum atomic E-state index is -0.504. The Bertz CT molecular complexity index is 659. The van der Waals surface area contributed by atoms with E-state index in [9.17, 15) is 5.11 Å². The first kappa shape index (κ1) is 12.2. The van der Waals surface area contributed by atoms with Crippen LogP contribution in [0.3, 0.4) is 0 Å². The van der Waals surface area contributed by atoms with Crippen molar-refractivity contribution in [3.05, 3.63) is 48.2 Å². The Hall–Kier alpha value is -1.85. The van der Waals surface area contributed by atoms with Gasteiger partial charge in [0.2, 0.25) is 0 Å². The van der Waals surface area contributed by atoms with E-state index in [-0.39, 0.29) is 0 Å². The predicted molar refractivity (Wildman–Crippen MR) is 73.0 cm³/mol. The van der Waals surface area contributed by atoms with Crippen LogP contribution in [0.4, 0.5) is 0 Å². The number of rotatable bonds is 3. The number of oxazole rings is 1. The fraction of sp³-hybridized carbons (Fsp3) is 0.143. The third kappa shape index (κ3) is 2.62. The van der Waals surface area contributed by atoms with E-state index in [1.165, 1.54) is 11.8 Å². The molecule has 1 N–H and O–H groups in total. The molecule has 0 saturated heterocycles. The van der Waals surface area contributed by atoms with Crippen LogP contribution in [0.2, 0.25) is 0 Å². The van der Waals surface area contributed by atoms with Crippen molar-refractivity contribution in [3.8, 4) is 0 Å². The number of aliphatic hydroxyl groups excluding tert-OH is 1. The third-order valence-corrected chi connectivity index (χ3v) is 3.51. The summed E-state index contributed by atoms with van der Waals surface area (Å²) in [4.78, 5) is 8.64. The van der Waals surface area contributed by atoms with Crippen LogP contribution in [0.1, 0.15) is 18.6 Å². The van der Waals surface area contributed by atoms with Crippen LogP contribution < -0.4 is 0 Å². The molecule has 0 bridgehead atoms. The first-order valence-corrected chi connectivity index (χ1v) is 6.71. The maximum atomic E-state index is 9.42. The number of benzene rings is 1. The summed E-state index contributed by atoms with van der Waals surface area (Å²) in [6.45, 7) is 1.71. The monoisotopic (exact) mass is 272 g/mol. The van der Waals surface area contributed by atoms with E-state index in [4.69, 9.17) is 4.42 Å². The van der Waals surface area contributed by atoms with E-state index in [0.717, 1.165) is 21.7 Å². The minimum absolute atomic E-state index is 0.504. The Kier molecular flexibility index (Phi) is 3.23. The van der Waals surface area contributed by atoms with Crippen LogP contribution in [0.25, 0.3) is 11.1 Å². The Labute approximate surface area is 114 Å². The quantitative estimate of drug-likeness (QED) is 0.791. The zero-order valence-electron chi connectivity index (χ0n) is 10.3. The van der Waals surface area contributed by atoms with E-state index in [1.54, 1.807) is 13.1 Å². The molecule has 0 amide bonds. The van der Waals surface area contributed by atoms with Crippen molar-refractivity contribution in [3.63, 3.8) is 0 Å². The second-order valence-corrected chi connectivity index (χ2v) is 5.13. The molecule has 1 aromatic carbocycles. The number of aliphatic hydroxyl groups is 1. The van der Waals surface area contributed by atoms with Crippen molar-refractivity contribution in [2.75, 3.05) is 0 Å². The SMILES string of the molecule is C[C@@H](O)c1ccc(Sc2nc3ccccc3o2)nc1. The molecule has 3 rings (SSSR count). The van der Waals surface area contributed by atoms with Gasteiger partial charge in [0, 0.05) is 6.20 Å². The predicted octanol–water partition coefficient (Wildman–Crippen LogP) is 3.43. The van der Waals surface area contributed by atoms with Crippen molar-refractivity contribution in [1.82, 2.24) is 9.97 Å². The average Bonchev–Trinajstić information content (AvgIpc) is 2.81. The molecule has 4 nitrogen and oxygen atoms in total. The van der Waals surface area contributed by atoms with Gasteiger partial charge in [0.1, 0.15) is 10.5 Å². The zero-order valence-corrected chi connectivity index (χ0v) is 11.1. The Balaban J connectivity index is 1.84. The Morgan fingerprint density at radius 1 is 1.21 bits per heavy atom. The average molecular weight is 272 g/mol. The summed E-state index contributed by atoms with van der Waals surface area (Å²) in [5.41, 5.74) is 2.40. The molecule has 0 aliphatic carbocycles. The molecular weight excluding hydrogens is 260 g/mol. The highest BCUT2D eigenvalue weighted by molar-refractivity contribution is 7.99. The van der Waals surface area contributed by atoms with Gasteiger partial charge in [-0.2, -0.15) is 0 Å². The van der Waals surface area contributed by atoms with E-state index < -0.39 is 6.10 Å². The van der Waals surface area contributed by atoms with Crippen molar-refractivity contribution < 1.29 is 9.52 Å². The van der Waals surface area contributed by atoms with Gasteiger partial charge in [-0.15, -0.1) is 0 Å². The van der Waals surface area contributed by atoms with Gasteiger partial charge in [0.05, 0.1) is 6.10 Å². The van der Waals surface area contributed by atoms with Crippen molar-refractivity contribution in [2.45, 2.75) is 23.3 Å². The lowest BCUT2D eigenvalue weighted by Crippen LogP contribution is -1.92. The van der Waals surface area contributed by atoms with Gasteiger partial charge in [0.15, 0.2) is 5.58 Å². The fourth-order valence-electron chi connectivity index (χ4n) is 1.68. The molecule has 0 aliphatic rings. The van der Waals surface area contributed by atoms with Crippen molar-refractivity contribution in [1.29, 1.82) is 0 Å². The molecule has 5 heteroatoms. The van der Waals surface area contributed by atoms with E-state index >= 15 is 0 Å². The summed E-state index contributed by atoms with van der Waals surface area (Å²) >= 11 is 1.36. The van der Waals surface area contributed by atoms with Gasteiger partial charge in [-0.25, -0.2) is 9.97 Å². The molecule has 2 heterocycles. The minimum Gasteiger partial charge on any atom is -0.431 e. The van der Waals surface area contributed by atoms with Crippen molar-refractivity contribution >= 4 is 22.9 Å². The standard InChI is InChI=1S/C14H12N2O2S/c1-9(17)10-6-7-13(15-8-10)19-14-16-11-4-2-3-5-12(11)18-14/h2-9,17H,1H3/t9-/m1/s1. The lowest BCUT2D eigenvalue weighted by atomic mass is 10.2. The third-order valence-electron chi connectivity index (χ3n) is 2.71. The number of fused-ring (bicyclic) bond motifs is 1. The van der Waals surface area contributed by atoms with Crippen LogP contribution >= 0.6 is 11.8 Å². The molecule has 0 unspecified atom stereocenters. The van der Waals surface area contributed by atoms with E-state index in [1.807, 2.05) is 36.4 Å². The number of nitrogens with zero attached hydrogens (tertiary/aromatic N) is 2. The van der Waals surface area contributed by atoms with Gasteiger partial charge < -0.3 is 9.52 Å². The maximum Gasteiger partial charge on any atom is 0.263 e. The van der Waals surface area contributed by atoms with Crippen LogP contribution in [0.5, 0.6) is 0 Å². The highest BCUT2D eigenvalue weighted by atomic mass is 32.2. The Morgan fingerprint density at radius 3 is 2.74 bits per heavy atom. The maximum absolute atomic E-state index is 9.42. The number of hydrogen-bond acceptors (Lipinski definition) is 5. The second kappa shape index (κ2) is 5.03. The zero-order chi connectivity index (χ0) is 13.2. The fourth-order valence-corrected chi connectivity index (χ4v) is 2.38. The number of pyridine rings is 1. The summed E-state index contributed by atoms with van der Waals surface area (Å²) in [7, 11) is 0. The lowest BCUT2D eigenvalue weighted by Gasteiger charge is -2.03. The van der Waals surface area contributed by atoms with E-state index in [2.05, 4.69) is 9.97 Å². The number of hydrogen-bond donors (Lipinski definition) is 1. The topological polar surface area (TPSA) is 59.2 Å². The van der Waals surface area contributed by atoms with Gasteiger partial charge in [-0.05, 0) is 42.4 Å². The largest absolute Gasteiger partial charge is 0.431 e. The molecular formula is C14H12N2O2S. The van der Waals surface area contributed by atoms with Crippen LogP contribution in [0, 0.1) is 0 Å². The highest BCUT2D eigenvalue weighted by Gasteiger charge is 2.08. The number of aromatic nitrogens is 2. The summed E-state index contributed by atoms with van der Waals surface area (Å²) in [5.74, 6) is 0. The van der Waals surface area contributed by atoms with Crippen LogP contribution in [-0.4, -0.2) is 15.1 Å². The summed E-state index contributed by atoms with van der Waals surface area (Å²) in [6, 6.07) is 11.3. The molecule has 0 spiro atoms. The first-order valence-electron chi connectivity index (χ1n) is 5.90. The molecule has 0 saturated carbocycles. The second-order valence-electron chi connectivity index (χ2n) is 4.16. The number of para-hydroxylation sites is 2. The molecule has 0 radical (unpaired) electrons. The summed E-state index contributed by atoms with van der Waals surface area (Å²) in [6.07, 6.45) is 1.16. The lowest BCUT2D eigenvalue weighted by molar-refractivity contribution is 0.198. The molecule has 0 fully saturated rings. The van der Waals surface area contributed by atoms with Gasteiger partial charge in [-0.1, -0.05) is 18.2 Å². The molecule has 19 heavy (non-hydrogen) atoms. The van der Waals surface area contributed by atoms with Crippen molar-refractivity contribution in [2.24, 2.45) is 0 Å².